The molecular weight excluding hydrogens is 388 g/mol. The minimum atomic E-state index is -3.46. The van der Waals surface area contributed by atoms with Gasteiger partial charge in [0.05, 0.1) is 19.1 Å². The summed E-state index contributed by atoms with van der Waals surface area (Å²) in [6.45, 7) is 2.06. The van der Waals surface area contributed by atoms with E-state index in [1.54, 1.807) is 49.6 Å². The third-order valence-electron chi connectivity index (χ3n) is 3.99. The predicted octanol–water partition coefficient (Wildman–Crippen LogP) is 3.84. The Labute approximate surface area is 165 Å². The number of carbonyl (C=O) groups is 1. The molecule has 1 amide bonds. The van der Waals surface area contributed by atoms with Crippen molar-refractivity contribution >= 4 is 38.9 Å². The number of rotatable bonds is 8. The molecule has 2 rings (SSSR count). The van der Waals surface area contributed by atoms with Crippen LogP contribution in [0.4, 0.5) is 11.4 Å². The Balaban J connectivity index is 1.97. The molecule has 0 aliphatic rings. The summed E-state index contributed by atoms with van der Waals surface area (Å²) < 4.78 is 30.6. The van der Waals surface area contributed by atoms with Crippen molar-refractivity contribution in [1.82, 2.24) is 0 Å². The molecule has 0 aliphatic heterocycles. The molecular formula is C19H23ClN2O4S. The first-order chi connectivity index (χ1) is 12.7. The van der Waals surface area contributed by atoms with Gasteiger partial charge in [0.25, 0.3) is 0 Å². The maximum atomic E-state index is 12.2. The molecule has 0 bridgehead atoms. The van der Waals surface area contributed by atoms with Crippen LogP contribution in [0.15, 0.2) is 42.5 Å². The van der Waals surface area contributed by atoms with Gasteiger partial charge < -0.3 is 10.1 Å². The maximum Gasteiger partial charge on any atom is 0.232 e. The van der Waals surface area contributed by atoms with Gasteiger partial charge in [-0.3, -0.25) is 9.10 Å². The Kier molecular flexibility index (Phi) is 7.10. The Hall–Kier alpha value is -2.25. The van der Waals surface area contributed by atoms with Crippen molar-refractivity contribution in [2.45, 2.75) is 19.8 Å². The average molecular weight is 411 g/mol. The molecule has 0 saturated carbocycles. The highest BCUT2D eigenvalue weighted by Crippen LogP contribution is 2.22. The summed E-state index contributed by atoms with van der Waals surface area (Å²) >= 11 is 5.91. The second-order valence-electron chi connectivity index (χ2n) is 6.14. The Bertz CT molecular complexity index is 898. The van der Waals surface area contributed by atoms with Crippen LogP contribution in [0.25, 0.3) is 0 Å². The van der Waals surface area contributed by atoms with E-state index in [0.29, 0.717) is 28.6 Å². The van der Waals surface area contributed by atoms with Crippen LogP contribution >= 0.6 is 11.6 Å². The summed E-state index contributed by atoms with van der Waals surface area (Å²) in [5, 5.41) is 3.43. The normalized spacial score (nSPS) is 11.1. The van der Waals surface area contributed by atoms with Gasteiger partial charge >= 0.3 is 0 Å². The number of benzene rings is 2. The SMILES string of the molecule is COc1ccc(N(CCCC(=O)Nc2ccc(Cl)cc2C)S(C)(=O)=O)cc1. The van der Waals surface area contributed by atoms with Crippen molar-refractivity contribution in [3.8, 4) is 5.75 Å². The van der Waals surface area contributed by atoms with Gasteiger partial charge in [-0.2, -0.15) is 0 Å². The highest BCUT2D eigenvalue weighted by molar-refractivity contribution is 7.92. The molecule has 0 aliphatic carbocycles. The molecule has 0 fully saturated rings. The molecule has 8 heteroatoms. The van der Waals surface area contributed by atoms with Crippen molar-refractivity contribution in [1.29, 1.82) is 0 Å². The molecule has 0 spiro atoms. The van der Waals surface area contributed by atoms with E-state index in [0.717, 1.165) is 11.8 Å². The zero-order chi connectivity index (χ0) is 20.0. The molecule has 0 saturated heterocycles. The average Bonchev–Trinajstić information content (AvgIpc) is 2.60. The topological polar surface area (TPSA) is 75.7 Å². The van der Waals surface area contributed by atoms with Gasteiger partial charge in [-0.25, -0.2) is 8.42 Å². The van der Waals surface area contributed by atoms with Crippen LogP contribution in [-0.2, 0) is 14.8 Å². The highest BCUT2D eigenvalue weighted by Gasteiger charge is 2.17. The molecule has 0 aromatic heterocycles. The van der Waals surface area contributed by atoms with E-state index in [9.17, 15) is 13.2 Å². The molecule has 0 heterocycles. The summed E-state index contributed by atoms with van der Waals surface area (Å²) in [5.74, 6) is 0.466. The maximum absolute atomic E-state index is 12.2. The second-order valence-corrected chi connectivity index (χ2v) is 8.49. The Morgan fingerprint density at radius 2 is 1.85 bits per heavy atom. The zero-order valence-electron chi connectivity index (χ0n) is 15.5. The molecule has 6 nitrogen and oxygen atoms in total. The lowest BCUT2D eigenvalue weighted by molar-refractivity contribution is -0.116. The van der Waals surface area contributed by atoms with Crippen LogP contribution in [-0.4, -0.2) is 34.2 Å². The van der Waals surface area contributed by atoms with Gasteiger partial charge in [-0.1, -0.05) is 11.6 Å². The fourth-order valence-corrected chi connectivity index (χ4v) is 3.79. The summed E-state index contributed by atoms with van der Waals surface area (Å²) in [6, 6.07) is 12.0. The molecule has 0 unspecified atom stereocenters. The third kappa shape index (κ3) is 6.15. The number of nitrogens with zero attached hydrogens (tertiary/aromatic N) is 1. The number of aryl methyl sites for hydroxylation is 1. The van der Waals surface area contributed by atoms with E-state index in [1.807, 2.05) is 6.92 Å². The minimum absolute atomic E-state index is 0.177. The lowest BCUT2D eigenvalue weighted by Gasteiger charge is -2.22. The Morgan fingerprint density at radius 3 is 2.41 bits per heavy atom. The van der Waals surface area contributed by atoms with Crippen LogP contribution in [0.1, 0.15) is 18.4 Å². The first-order valence-electron chi connectivity index (χ1n) is 8.38. The third-order valence-corrected chi connectivity index (χ3v) is 5.42. The highest BCUT2D eigenvalue weighted by atomic mass is 35.5. The van der Waals surface area contributed by atoms with E-state index in [2.05, 4.69) is 5.32 Å². The number of hydrogen-bond donors (Lipinski definition) is 1. The Morgan fingerprint density at radius 1 is 1.19 bits per heavy atom. The van der Waals surface area contributed by atoms with Crippen molar-refractivity contribution in [3.63, 3.8) is 0 Å². The van der Waals surface area contributed by atoms with Crippen LogP contribution in [0.2, 0.25) is 5.02 Å². The summed E-state index contributed by atoms with van der Waals surface area (Å²) in [7, 11) is -1.91. The van der Waals surface area contributed by atoms with Crippen molar-refractivity contribution in [2.24, 2.45) is 0 Å². The van der Waals surface area contributed by atoms with Gasteiger partial charge in [0.15, 0.2) is 0 Å². The fraction of sp³-hybridized carbons (Fsp3) is 0.316. The van der Waals surface area contributed by atoms with Gasteiger partial charge in [0, 0.05) is 23.7 Å². The lowest BCUT2D eigenvalue weighted by Crippen LogP contribution is -2.31. The van der Waals surface area contributed by atoms with E-state index < -0.39 is 10.0 Å². The van der Waals surface area contributed by atoms with Gasteiger partial charge in [-0.05, 0) is 61.4 Å². The van der Waals surface area contributed by atoms with Crippen molar-refractivity contribution in [2.75, 3.05) is 29.5 Å². The number of halogens is 1. The van der Waals surface area contributed by atoms with Crippen LogP contribution in [0, 0.1) is 6.92 Å². The molecule has 2 aromatic rings. The van der Waals surface area contributed by atoms with Crippen LogP contribution < -0.4 is 14.4 Å². The van der Waals surface area contributed by atoms with Gasteiger partial charge in [-0.15, -0.1) is 0 Å². The predicted molar refractivity (Wildman–Crippen MR) is 109 cm³/mol. The second kappa shape index (κ2) is 9.10. The quantitative estimate of drug-likeness (QED) is 0.717. The van der Waals surface area contributed by atoms with E-state index in [4.69, 9.17) is 16.3 Å². The van der Waals surface area contributed by atoms with Crippen LogP contribution in [0.3, 0.4) is 0 Å². The van der Waals surface area contributed by atoms with E-state index in [1.165, 1.54) is 4.31 Å². The van der Waals surface area contributed by atoms with E-state index in [-0.39, 0.29) is 18.9 Å². The number of carbonyl (C=O) groups excluding carboxylic acids is 1. The van der Waals surface area contributed by atoms with Crippen molar-refractivity contribution < 1.29 is 17.9 Å². The molecule has 2 aromatic carbocycles. The van der Waals surface area contributed by atoms with Gasteiger partial charge in [0.1, 0.15) is 5.75 Å². The minimum Gasteiger partial charge on any atom is -0.497 e. The molecule has 1 N–H and O–H groups in total. The smallest absolute Gasteiger partial charge is 0.232 e. The summed E-state index contributed by atoms with van der Waals surface area (Å²) in [6.07, 6.45) is 1.73. The molecule has 0 radical (unpaired) electrons. The van der Waals surface area contributed by atoms with Gasteiger partial charge in [0.2, 0.25) is 15.9 Å². The molecule has 146 valence electrons. The number of sulfonamides is 1. The number of methoxy groups -OCH3 is 1. The van der Waals surface area contributed by atoms with E-state index >= 15 is 0 Å². The molecule has 27 heavy (non-hydrogen) atoms. The summed E-state index contributed by atoms with van der Waals surface area (Å²) in [4.78, 5) is 12.2. The summed E-state index contributed by atoms with van der Waals surface area (Å²) in [5.41, 5.74) is 2.10. The first-order valence-corrected chi connectivity index (χ1v) is 10.6. The van der Waals surface area contributed by atoms with Crippen molar-refractivity contribution in [3.05, 3.63) is 53.1 Å². The van der Waals surface area contributed by atoms with Crippen LogP contribution in [0.5, 0.6) is 5.75 Å². The molecule has 0 atom stereocenters. The monoisotopic (exact) mass is 410 g/mol. The number of hydrogen-bond acceptors (Lipinski definition) is 4. The zero-order valence-corrected chi connectivity index (χ0v) is 17.1. The standard InChI is InChI=1S/C19H23ClN2O4S/c1-14-13-15(20)6-11-18(14)21-19(23)5-4-12-22(27(3,24)25)16-7-9-17(26-2)10-8-16/h6-11,13H,4-5,12H2,1-3H3,(H,21,23). The lowest BCUT2D eigenvalue weighted by atomic mass is 10.2. The first kappa shape index (κ1) is 21.1. The fourth-order valence-electron chi connectivity index (χ4n) is 2.60. The number of nitrogens with one attached hydrogen (secondary N) is 1. The largest absolute Gasteiger partial charge is 0.497 e. The number of amides is 1. The number of anilines is 2. The number of ether oxygens (including phenoxy) is 1.